The summed E-state index contributed by atoms with van der Waals surface area (Å²) in [6, 6.07) is 3.88. The van der Waals surface area contributed by atoms with Gasteiger partial charge in [-0.15, -0.1) is 0 Å². The summed E-state index contributed by atoms with van der Waals surface area (Å²) >= 11 is 0. The number of aromatic nitrogens is 2. The van der Waals surface area contributed by atoms with Crippen molar-refractivity contribution in [3.8, 4) is 5.75 Å². The van der Waals surface area contributed by atoms with Crippen LogP contribution in [0.25, 0.3) is 0 Å². The molecule has 0 fully saturated rings. The number of benzene rings is 1. The van der Waals surface area contributed by atoms with Crippen LogP contribution in [0.15, 0.2) is 29.2 Å². The van der Waals surface area contributed by atoms with Crippen molar-refractivity contribution in [3.05, 3.63) is 35.7 Å². The number of alkyl halides is 3. The van der Waals surface area contributed by atoms with E-state index in [-0.39, 0.29) is 18.0 Å². The highest BCUT2D eigenvalue weighted by atomic mass is 32.2. The predicted octanol–water partition coefficient (Wildman–Crippen LogP) is 0.888. The van der Waals surface area contributed by atoms with E-state index in [2.05, 4.69) is 10.4 Å². The maximum atomic E-state index is 12.8. The number of halogens is 3. The van der Waals surface area contributed by atoms with Gasteiger partial charge in [-0.25, -0.2) is 13.1 Å². The van der Waals surface area contributed by atoms with Crippen molar-refractivity contribution in [1.29, 1.82) is 0 Å². The van der Waals surface area contributed by atoms with Gasteiger partial charge in [0.1, 0.15) is 11.4 Å². The molecule has 27 heavy (non-hydrogen) atoms. The van der Waals surface area contributed by atoms with Gasteiger partial charge in [-0.1, -0.05) is 0 Å². The van der Waals surface area contributed by atoms with Gasteiger partial charge in [-0.05, 0) is 18.2 Å². The van der Waals surface area contributed by atoms with Crippen LogP contribution in [0.4, 0.5) is 18.9 Å². The number of hydrogen-bond donors (Lipinski definition) is 2. The van der Waals surface area contributed by atoms with Crippen LogP contribution in [-0.2, 0) is 28.0 Å². The van der Waals surface area contributed by atoms with Crippen molar-refractivity contribution < 1.29 is 35.9 Å². The molecule has 9 nitrogen and oxygen atoms in total. The molecule has 0 aliphatic carbocycles. The number of carbonyl (C=O) groups excluding carboxylic acids is 2. The molecule has 1 aromatic carbocycles. The SMILES string of the molecule is Cn1nc(C(=O)NS(=O)(=O)c2ccc3c(c2)NC(=O)CO3)cc1C(F)(F)F. The Labute approximate surface area is 150 Å². The maximum absolute atomic E-state index is 12.8. The fraction of sp³-hybridized carbons (Fsp3) is 0.214. The van der Waals surface area contributed by atoms with E-state index in [0.29, 0.717) is 10.7 Å². The lowest BCUT2D eigenvalue weighted by molar-refractivity contribution is -0.143. The lowest BCUT2D eigenvalue weighted by atomic mass is 10.2. The molecule has 13 heteroatoms. The van der Waals surface area contributed by atoms with E-state index in [0.717, 1.165) is 19.2 Å². The van der Waals surface area contributed by atoms with Gasteiger partial charge in [0.2, 0.25) is 0 Å². The van der Waals surface area contributed by atoms with Crippen molar-refractivity contribution in [2.24, 2.45) is 7.05 Å². The largest absolute Gasteiger partial charge is 0.482 e. The zero-order valence-corrected chi connectivity index (χ0v) is 14.3. The number of rotatable bonds is 3. The van der Waals surface area contributed by atoms with E-state index >= 15 is 0 Å². The van der Waals surface area contributed by atoms with Gasteiger partial charge in [0.15, 0.2) is 12.3 Å². The molecule has 0 saturated carbocycles. The van der Waals surface area contributed by atoms with Crippen molar-refractivity contribution in [3.63, 3.8) is 0 Å². The van der Waals surface area contributed by atoms with Crippen molar-refractivity contribution >= 4 is 27.5 Å². The lowest BCUT2D eigenvalue weighted by Gasteiger charge is -2.18. The van der Waals surface area contributed by atoms with Crippen molar-refractivity contribution in [1.82, 2.24) is 14.5 Å². The van der Waals surface area contributed by atoms with Gasteiger partial charge in [-0.2, -0.15) is 18.3 Å². The van der Waals surface area contributed by atoms with Crippen LogP contribution in [0, 0.1) is 0 Å². The number of sulfonamides is 1. The summed E-state index contributed by atoms with van der Waals surface area (Å²) in [5, 5.41) is 5.78. The number of amides is 2. The van der Waals surface area contributed by atoms with Crippen LogP contribution in [-0.4, -0.2) is 36.6 Å². The molecule has 1 aromatic heterocycles. The van der Waals surface area contributed by atoms with Crippen molar-refractivity contribution in [2.45, 2.75) is 11.1 Å². The minimum atomic E-state index is -4.75. The normalized spacial score (nSPS) is 14.1. The molecule has 0 radical (unpaired) electrons. The monoisotopic (exact) mass is 404 g/mol. The summed E-state index contributed by atoms with van der Waals surface area (Å²) in [5.74, 6) is -1.59. The Morgan fingerprint density at radius 1 is 1.33 bits per heavy atom. The van der Waals surface area contributed by atoms with Gasteiger partial charge >= 0.3 is 6.18 Å². The smallest absolute Gasteiger partial charge is 0.433 e. The third-order valence-corrected chi connectivity index (χ3v) is 4.85. The summed E-state index contributed by atoms with van der Waals surface area (Å²) in [7, 11) is -3.46. The Kier molecular flexibility index (Phi) is 4.34. The Balaban J connectivity index is 1.86. The summed E-state index contributed by atoms with van der Waals surface area (Å²) in [5.41, 5.74) is -1.85. The Morgan fingerprint density at radius 3 is 2.67 bits per heavy atom. The molecule has 0 bridgehead atoms. The highest BCUT2D eigenvalue weighted by Crippen LogP contribution is 2.31. The molecule has 0 spiro atoms. The molecular weight excluding hydrogens is 393 g/mol. The molecule has 0 atom stereocenters. The molecule has 2 N–H and O–H groups in total. The molecule has 144 valence electrons. The molecule has 2 heterocycles. The van der Waals surface area contributed by atoms with E-state index in [4.69, 9.17) is 4.74 Å². The number of hydrogen-bond acceptors (Lipinski definition) is 6. The van der Waals surface area contributed by atoms with Gasteiger partial charge in [0.25, 0.3) is 21.8 Å². The van der Waals surface area contributed by atoms with E-state index < -0.39 is 44.3 Å². The fourth-order valence-corrected chi connectivity index (χ4v) is 3.29. The third kappa shape index (κ3) is 3.72. The minimum absolute atomic E-state index is 0.0822. The number of ether oxygens (including phenoxy) is 1. The van der Waals surface area contributed by atoms with E-state index in [1.807, 2.05) is 0 Å². The maximum Gasteiger partial charge on any atom is 0.433 e. The first kappa shape index (κ1) is 18.7. The predicted molar refractivity (Wildman–Crippen MR) is 83.4 cm³/mol. The van der Waals surface area contributed by atoms with Gasteiger partial charge in [0, 0.05) is 13.1 Å². The topological polar surface area (TPSA) is 119 Å². The van der Waals surface area contributed by atoms with E-state index in [1.54, 1.807) is 4.72 Å². The number of nitrogens with one attached hydrogen (secondary N) is 2. The Morgan fingerprint density at radius 2 is 2.04 bits per heavy atom. The van der Waals surface area contributed by atoms with Crippen LogP contribution in [0.1, 0.15) is 16.2 Å². The average molecular weight is 404 g/mol. The van der Waals surface area contributed by atoms with E-state index in [9.17, 15) is 31.2 Å². The first-order chi connectivity index (χ1) is 12.5. The molecule has 2 aromatic rings. The number of aryl methyl sites for hydroxylation is 1. The van der Waals surface area contributed by atoms with Gasteiger partial charge in [0.05, 0.1) is 10.6 Å². The minimum Gasteiger partial charge on any atom is -0.482 e. The second-order valence-electron chi connectivity index (χ2n) is 5.47. The molecular formula is C14H11F3N4O5S. The van der Waals surface area contributed by atoms with Crippen LogP contribution in [0.5, 0.6) is 5.75 Å². The Hall–Kier alpha value is -3.09. The van der Waals surface area contributed by atoms with E-state index in [1.165, 1.54) is 6.07 Å². The molecule has 0 saturated heterocycles. The molecule has 0 unspecified atom stereocenters. The second kappa shape index (κ2) is 6.26. The highest BCUT2D eigenvalue weighted by molar-refractivity contribution is 7.90. The lowest BCUT2D eigenvalue weighted by Crippen LogP contribution is -2.31. The Bertz CT molecular complexity index is 1050. The zero-order chi connectivity index (χ0) is 20.0. The summed E-state index contributed by atoms with van der Waals surface area (Å²) in [6.07, 6.45) is -4.75. The summed E-state index contributed by atoms with van der Waals surface area (Å²) < 4.78 is 70.1. The second-order valence-corrected chi connectivity index (χ2v) is 7.15. The quantitative estimate of drug-likeness (QED) is 0.784. The van der Waals surface area contributed by atoms with Gasteiger partial charge < -0.3 is 10.1 Å². The number of carbonyl (C=O) groups is 2. The zero-order valence-electron chi connectivity index (χ0n) is 13.5. The number of fused-ring (bicyclic) bond motifs is 1. The molecule has 1 aliphatic rings. The molecule has 1 aliphatic heterocycles. The third-order valence-electron chi connectivity index (χ3n) is 3.52. The van der Waals surface area contributed by atoms with Gasteiger partial charge in [-0.3, -0.25) is 14.3 Å². The van der Waals surface area contributed by atoms with Crippen LogP contribution < -0.4 is 14.8 Å². The van der Waals surface area contributed by atoms with Crippen LogP contribution in [0.3, 0.4) is 0 Å². The summed E-state index contributed by atoms with van der Waals surface area (Å²) in [4.78, 5) is 23.0. The summed E-state index contributed by atoms with van der Waals surface area (Å²) in [6.45, 7) is -0.225. The van der Waals surface area contributed by atoms with Crippen molar-refractivity contribution in [2.75, 3.05) is 11.9 Å². The average Bonchev–Trinajstić information content (AvgIpc) is 2.96. The number of anilines is 1. The standard InChI is InChI=1S/C14H11F3N4O5S/c1-21-11(14(15,16)17)5-9(19-21)13(23)20-27(24,25)7-2-3-10-8(4-7)18-12(22)6-26-10/h2-5H,6H2,1H3,(H,18,22)(H,20,23). The number of nitrogens with zero attached hydrogens (tertiary/aromatic N) is 2. The molecule has 2 amide bonds. The van der Waals surface area contributed by atoms with Crippen LogP contribution >= 0.6 is 0 Å². The first-order valence-corrected chi connectivity index (χ1v) is 8.71. The first-order valence-electron chi connectivity index (χ1n) is 7.22. The van der Waals surface area contributed by atoms with Crippen LogP contribution in [0.2, 0.25) is 0 Å². The fourth-order valence-electron chi connectivity index (χ4n) is 2.31. The highest BCUT2D eigenvalue weighted by Gasteiger charge is 2.36. The molecule has 3 rings (SSSR count).